The Bertz CT molecular complexity index is 2470. The number of para-hydroxylation sites is 3. The van der Waals surface area contributed by atoms with Crippen LogP contribution >= 0.6 is 0 Å². The molecule has 2 nitrogen and oxygen atoms in total. The summed E-state index contributed by atoms with van der Waals surface area (Å²) in [5.74, 6) is 0. The summed E-state index contributed by atoms with van der Waals surface area (Å²) in [6.07, 6.45) is 0. The summed E-state index contributed by atoms with van der Waals surface area (Å²) in [4.78, 5) is 2.37. The van der Waals surface area contributed by atoms with Crippen LogP contribution in [0.15, 0.2) is 170 Å². The maximum atomic E-state index is 2.38. The van der Waals surface area contributed by atoms with Gasteiger partial charge in [-0.15, -0.1) is 0 Å². The molecule has 45 heavy (non-hydrogen) atoms. The summed E-state index contributed by atoms with van der Waals surface area (Å²) in [5, 5.41) is 5.28. The third-order valence-electron chi connectivity index (χ3n) is 8.78. The monoisotopic (exact) mass is 640 g/mol. The van der Waals surface area contributed by atoms with E-state index in [-0.39, 0.29) is 0 Å². The predicted octanol–water partition coefficient (Wildman–Crippen LogP) is 11.3. The zero-order chi connectivity index (χ0) is 29.7. The fourth-order valence-electron chi connectivity index (χ4n) is 6.69. The molecule has 0 aliphatic heterocycles. The van der Waals surface area contributed by atoms with E-state index in [1.165, 1.54) is 63.6 Å². The number of nitrogens with zero attached hydrogens (tertiary/aromatic N) is 2. The van der Waals surface area contributed by atoms with Gasteiger partial charge in [0.2, 0.25) is 0 Å². The fraction of sp³-hybridized carbons (Fsp3) is 0. The van der Waals surface area contributed by atoms with Crippen LogP contribution in [0.1, 0.15) is 0 Å². The Kier molecular flexibility index (Phi) is 6.19. The van der Waals surface area contributed by atoms with Crippen molar-refractivity contribution in [3.05, 3.63) is 170 Å². The van der Waals surface area contributed by atoms with Crippen LogP contribution in [0.25, 0.3) is 57.9 Å². The molecule has 9 rings (SSSR count). The number of benzene rings is 7. The molecule has 0 amide bonds. The minimum absolute atomic E-state index is 0.358. The normalized spacial score (nSPS) is 11.6. The second kappa shape index (κ2) is 10.7. The minimum atomic E-state index is 0.358. The van der Waals surface area contributed by atoms with Gasteiger partial charge in [-0.1, -0.05) is 36.4 Å². The molecule has 0 atom stereocenters. The second-order valence-electron chi connectivity index (χ2n) is 11.4. The van der Waals surface area contributed by atoms with Gasteiger partial charge in [-0.2, -0.15) is 0 Å². The van der Waals surface area contributed by atoms with E-state index in [2.05, 4.69) is 179 Å². The molecule has 0 saturated heterocycles. The van der Waals surface area contributed by atoms with E-state index in [0.29, 0.717) is 14.5 Å². The number of hydrogen-bond acceptors (Lipinski definition) is 1. The summed E-state index contributed by atoms with van der Waals surface area (Å²) >= 11 is 0.358. The number of rotatable bonds is 5. The maximum absolute atomic E-state index is 2.38. The van der Waals surface area contributed by atoms with Crippen LogP contribution in [0.3, 0.4) is 0 Å². The zero-order valence-corrected chi connectivity index (χ0v) is 26.2. The van der Waals surface area contributed by atoms with Crippen molar-refractivity contribution in [2.24, 2.45) is 0 Å². The molecule has 3 heteroatoms. The third kappa shape index (κ3) is 4.40. The first-order valence-corrected chi connectivity index (χ1v) is 17.0. The van der Waals surface area contributed by atoms with Crippen LogP contribution in [0.4, 0.5) is 17.1 Å². The van der Waals surface area contributed by atoms with Gasteiger partial charge in [0.1, 0.15) is 0 Å². The quantitative estimate of drug-likeness (QED) is 0.170. The van der Waals surface area contributed by atoms with Crippen molar-refractivity contribution in [2.75, 3.05) is 4.90 Å². The Morgan fingerprint density at radius 1 is 0.378 bits per heavy atom. The van der Waals surface area contributed by atoms with Crippen LogP contribution in [0.5, 0.6) is 0 Å². The SMILES string of the molecule is c1ccc(N(c2ccc(-c3ccc4c5ccccc5n(-c5ccccc5)c4c3)cc2)c2ccc3[se]c4ccccc4c3c2)cc1. The molecule has 0 aliphatic carbocycles. The molecule has 2 aromatic heterocycles. The average molecular weight is 640 g/mol. The van der Waals surface area contributed by atoms with Crippen molar-refractivity contribution in [1.82, 2.24) is 4.57 Å². The van der Waals surface area contributed by atoms with Gasteiger partial charge in [0.05, 0.1) is 5.52 Å². The summed E-state index contributed by atoms with van der Waals surface area (Å²) in [6, 6.07) is 61.8. The molecule has 0 bridgehead atoms. The topological polar surface area (TPSA) is 8.17 Å². The Balaban J connectivity index is 1.16. The van der Waals surface area contributed by atoms with E-state index in [1.807, 2.05) is 0 Å². The van der Waals surface area contributed by atoms with Crippen molar-refractivity contribution >= 4 is 72.7 Å². The Labute approximate surface area is 267 Å². The van der Waals surface area contributed by atoms with Gasteiger partial charge in [-0.25, -0.2) is 0 Å². The zero-order valence-electron chi connectivity index (χ0n) is 24.5. The summed E-state index contributed by atoms with van der Waals surface area (Å²) in [5.41, 5.74) is 9.48. The van der Waals surface area contributed by atoms with Crippen LogP contribution < -0.4 is 4.90 Å². The van der Waals surface area contributed by atoms with Crippen molar-refractivity contribution < 1.29 is 0 Å². The molecular formula is C42H28N2Se. The molecule has 0 N–H and O–H groups in total. The number of hydrogen-bond donors (Lipinski definition) is 0. The molecule has 0 unspecified atom stereocenters. The van der Waals surface area contributed by atoms with Gasteiger partial charge < -0.3 is 4.57 Å². The number of fused-ring (bicyclic) bond motifs is 6. The molecule has 0 fully saturated rings. The Morgan fingerprint density at radius 2 is 0.978 bits per heavy atom. The second-order valence-corrected chi connectivity index (χ2v) is 13.7. The molecule has 0 saturated carbocycles. The van der Waals surface area contributed by atoms with Gasteiger partial charge in [0.25, 0.3) is 0 Å². The first kappa shape index (κ1) is 26.1. The number of aromatic nitrogens is 1. The molecule has 9 aromatic rings. The van der Waals surface area contributed by atoms with Crippen molar-refractivity contribution in [1.29, 1.82) is 0 Å². The Hall–Kier alpha value is -5.34. The summed E-state index contributed by atoms with van der Waals surface area (Å²) in [7, 11) is 0. The Morgan fingerprint density at radius 3 is 1.80 bits per heavy atom. The predicted molar refractivity (Wildman–Crippen MR) is 193 cm³/mol. The average Bonchev–Trinajstić information content (AvgIpc) is 3.65. The van der Waals surface area contributed by atoms with E-state index in [1.54, 1.807) is 0 Å². The van der Waals surface area contributed by atoms with Crippen LogP contribution in [0.2, 0.25) is 0 Å². The van der Waals surface area contributed by atoms with Crippen molar-refractivity contribution in [2.45, 2.75) is 0 Å². The van der Waals surface area contributed by atoms with Gasteiger partial charge in [-0.3, -0.25) is 0 Å². The molecule has 2 heterocycles. The molecule has 0 radical (unpaired) electrons. The third-order valence-corrected chi connectivity index (χ3v) is 11.2. The van der Waals surface area contributed by atoms with E-state index in [0.717, 1.165) is 11.4 Å². The van der Waals surface area contributed by atoms with Crippen LogP contribution in [0, 0.1) is 0 Å². The standard InChI is InChI=1S/C42H28N2Se/c1-3-11-31(12-4-1)43(34-24-26-42-38(28-34)37-16-8-10-18-41(37)45-42)33-22-19-29(20-23-33)30-21-25-36-35-15-7-9-17-39(35)44(40(36)27-30)32-13-5-2-6-14-32/h1-28H. The first-order chi connectivity index (χ1) is 22.3. The van der Waals surface area contributed by atoms with Crippen LogP contribution in [-0.4, -0.2) is 19.1 Å². The van der Waals surface area contributed by atoms with Gasteiger partial charge in [0.15, 0.2) is 0 Å². The van der Waals surface area contributed by atoms with E-state index in [4.69, 9.17) is 0 Å². The molecule has 7 aromatic carbocycles. The molecule has 212 valence electrons. The first-order valence-electron chi connectivity index (χ1n) is 15.3. The van der Waals surface area contributed by atoms with Crippen LogP contribution in [-0.2, 0) is 0 Å². The molecule has 0 spiro atoms. The van der Waals surface area contributed by atoms with Crippen molar-refractivity contribution in [3.8, 4) is 16.8 Å². The number of anilines is 3. The van der Waals surface area contributed by atoms with E-state index >= 15 is 0 Å². The fourth-order valence-corrected chi connectivity index (χ4v) is 8.97. The van der Waals surface area contributed by atoms with E-state index in [9.17, 15) is 0 Å². The molecular weight excluding hydrogens is 611 g/mol. The van der Waals surface area contributed by atoms with Gasteiger partial charge >= 0.3 is 188 Å². The molecule has 0 aliphatic rings. The summed E-state index contributed by atoms with van der Waals surface area (Å²) < 4.78 is 5.31. The van der Waals surface area contributed by atoms with Crippen molar-refractivity contribution in [3.63, 3.8) is 0 Å². The summed E-state index contributed by atoms with van der Waals surface area (Å²) in [6.45, 7) is 0. The van der Waals surface area contributed by atoms with Gasteiger partial charge in [0, 0.05) is 16.5 Å². The van der Waals surface area contributed by atoms with Gasteiger partial charge in [-0.05, 0) is 18.2 Å². The van der Waals surface area contributed by atoms with E-state index < -0.39 is 0 Å².